The summed E-state index contributed by atoms with van der Waals surface area (Å²) >= 11 is 0. The molecule has 13 heteroatoms. The zero-order valence-electron chi connectivity index (χ0n) is 34.6. The van der Waals surface area contributed by atoms with Crippen molar-refractivity contribution in [2.75, 3.05) is 33.9 Å². The number of carbonyl (C=O) groups excluding carboxylic acids is 3. The van der Waals surface area contributed by atoms with E-state index >= 15 is 0 Å². The Balaban J connectivity index is 1.15. The van der Waals surface area contributed by atoms with Gasteiger partial charge in [-0.2, -0.15) is 0 Å². The maximum absolute atomic E-state index is 13.7. The van der Waals surface area contributed by atoms with E-state index in [0.717, 1.165) is 74.8 Å². The van der Waals surface area contributed by atoms with Gasteiger partial charge in [0.15, 0.2) is 0 Å². The fourth-order valence-corrected chi connectivity index (χ4v) is 8.26. The molecule has 0 aliphatic carbocycles. The molecule has 3 amide bonds. The molecule has 58 heavy (non-hydrogen) atoms. The topological polar surface area (TPSA) is 155 Å². The molecule has 2 aliphatic heterocycles. The van der Waals surface area contributed by atoms with Gasteiger partial charge >= 0.3 is 12.2 Å². The number of nitrogens with one attached hydrogen (secondary N) is 3. The molecule has 4 heterocycles. The average Bonchev–Trinajstić information content (AvgIpc) is 4.02. The standard InChI is InChI=1S/C45H53N7O6/c1-9-11-28-22-31(35-23-46-40(48-35)36-12-10-19-51(36)42(53)38(26(2)3)50-43(54)57-8)14-16-32(28)29-13-17-33-30(21-29)15-18-34-39(33)49-41(47-34)37-20-27(25-56-7)24-52(37)44(55)58-45(4,5)6/h13-18,21-23,26-27,36-38H,10,12,19-20,24-25H2,1-8H3,(H,46,48)(H,47,49)(H,50,54)/t27-,36-,37-,38-/m0/s1. The van der Waals surface area contributed by atoms with Crippen molar-refractivity contribution in [1.82, 2.24) is 35.1 Å². The molecule has 4 atom stereocenters. The van der Waals surface area contributed by atoms with Crippen LogP contribution in [-0.4, -0.2) is 93.4 Å². The van der Waals surface area contributed by atoms with Crippen molar-refractivity contribution >= 4 is 39.9 Å². The number of benzene rings is 3. The summed E-state index contributed by atoms with van der Waals surface area (Å²) in [6, 6.07) is 15.5. The van der Waals surface area contributed by atoms with Crippen molar-refractivity contribution in [3.8, 4) is 34.2 Å². The summed E-state index contributed by atoms with van der Waals surface area (Å²) in [5.41, 5.74) is 5.79. The lowest BCUT2D eigenvalue weighted by molar-refractivity contribution is -0.135. The van der Waals surface area contributed by atoms with E-state index in [1.54, 1.807) is 18.2 Å². The lowest BCUT2D eigenvalue weighted by Gasteiger charge is -2.30. The van der Waals surface area contributed by atoms with Gasteiger partial charge in [0.05, 0.1) is 48.7 Å². The van der Waals surface area contributed by atoms with Gasteiger partial charge in [0.2, 0.25) is 5.91 Å². The number of H-pyrrole nitrogens is 2. The molecular weight excluding hydrogens is 735 g/mol. The highest BCUT2D eigenvalue weighted by molar-refractivity contribution is 6.05. The minimum Gasteiger partial charge on any atom is -0.453 e. The first-order valence-corrected chi connectivity index (χ1v) is 20.0. The van der Waals surface area contributed by atoms with Gasteiger partial charge in [0, 0.05) is 42.6 Å². The molecule has 2 aliphatic rings. The highest BCUT2D eigenvalue weighted by atomic mass is 16.6. The molecule has 0 saturated carbocycles. The van der Waals surface area contributed by atoms with Crippen LogP contribution in [0.2, 0.25) is 0 Å². The second kappa shape index (κ2) is 16.5. The van der Waals surface area contributed by atoms with E-state index in [1.165, 1.54) is 7.11 Å². The lowest BCUT2D eigenvalue weighted by atomic mass is 9.95. The summed E-state index contributed by atoms with van der Waals surface area (Å²) in [4.78, 5) is 59.4. The van der Waals surface area contributed by atoms with E-state index < -0.39 is 17.7 Å². The van der Waals surface area contributed by atoms with E-state index in [9.17, 15) is 14.4 Å². The highest BCUT2D eigenvalue weighted by Crippen LogP contribution is 2.39. The number of aromatic nitrogens is 4. The number of nitrogens with zero attached hydrogens (tertiary/aromatic N) is 4. The molecule has 2 aromatic heterocycles. The van der Waals surface area contributed by atoms with Crippen molar-refractivity contribution in [2.24, 2.45) is 11.8 Å². The molecule has 2 saturated heterocycles. The van der Waals surface area contributed by atoms with Crippen LogP contribution >= 0.6 is 0 Å². The lowest BCUT2D eigenvalue weighted by Crippen LogP contribution is -2.51. The zero-order valence-corrected chi connectivity index (χ0v) is 34.6. The number of likely N-dealkylation sites (tertiary alicyclic amines) is 2. The van der Waals surface area contributed by atoms with Crippen LogP contribution < -0.4 is 5.32 Å². The molecular formula is C45H53N7O6. The van der Waals surface area contributed by atoms with Crippen LogP contribution in [0.25, 0.3) is 44.2 Å². The number of imidazole rings is 2. The van der Waals surface area contributed by atoms with Crippen molar-refractivity contribution in [2.45, 2.75) is 84.5 Å². The zero-order chi connectivity index (χ0) is 41.3. The predicted octanol–water partition coefficient (Wildman–Crippen LogP) is 8.13. The summed E-state index contributed by atoms with van der Waals surface area (Å²) in [7, 11) is 2.97. The van der Waals surface area contributed by atoms with Gasteiger partial charge < -0.3 is 34.4 Å². The average molecular weight is 788 g/mol. The van der Waals surface area contributed by atoms with Crippen molar-refractivity contribution in [3.63, 3.8) is 0 Å². The molecule has 2 fully saturated rings. The van der Waals surface area contributed by atoms with Crippen LogP contribution in [0.1, 0.15) is 90.1 Å². The van der Waals surface area contributed by atoms with E-state index in [0.29, 0.717) is 25.5 Å². The van der Waals surface area contributed by atoms with E-state index in [2.05, 4.69) is 69.6 Å². The fraction of sp³-hybridized carbons (Fsp3) is 0.444. The van der Waals surface area contributed by atoms with Gasteiger partial charge in [-0.1, -0.05) is 50.1 Å². The predicted molar refractivity (Wildman–Crippen MR) is 223 cm³/mol. The number of methoxy groups -OCH3 is 2. The Bertz CT molecular complexity index is 2400. The third-order valence-electron chi connectivity index (χ3n) is 11.0. The van der Waals surface area contributed by atoms with Crippen LogP contribution in [0.4, 0.5) is 9.59 Å². The van der Waals surface area contributed by atoms with Crippen LogP contribution in [0.15, 0.2) is 54.7 Å². The van der Waals surface area contributed by atoms with Gasteiger partial charge in [-0.15, -0.1) is 5.92 Å². The van der Waals surface area contributed by atoms with Gasteiger partial charge in [-0.05, 0) is 87.6 Å². The summed E-state index contributed by atoms with van der Waals surface area (Å²) < 4.78 is 16.0. The molecule has 0 radical (unpaired) electrons. The Kier molecular flexibility index (Phi) is 11.5. The molecule has 0 unspecified atom stereocenters. The van der Waals surface area contributed by atoms with Crippen LogP contribution in [0.3, 0.4) is 0 Å². The molecule has 3 N–H and O–H groups in total. The highest BCUT2D eigenvalue weighted by Gasteiger charge is 2.40. The van der Waals surface area contributed by atoms with Crippen LogP contribution in [-0.2, 0) is 19.0 Å². The summed E-state index contributed by atoms with van der Waals surface area (Å²) in [5, 5.41) is 4.78. The number of alkyl carbamates (subject to hydrolysis) is 1. The largest absolute Gasteiger partial charge is 0.453 e. The normalized spacial score (nSPS) is 18.7. The van der Waals surface area contributed by atoms with E-state index in [1.807, 2.05) is 52.5 Å². The summed E-state index contributed by atoms with van der Waals surface area (Å²) in [6.07, 6.45) is 3.14. The molecule has 3 aromatic carbocycles. The minimum atomic E-state index is -0.702. The second-order valence-electron chi connectivity index (χ2n) is 16.6. The molecule has 304 valence electrons. The smallest absolute Gasteiger partial charge is 0.410 e. The first-order valence-electron chi connectivity index (χ1n) is 20.0. The molecule has 7 rings (SSSR count). The van der Waals surface area contributed by atoms with Gasteiger partial charge in [-0.25, -0.2) is 19.6 Å². The number of hydrogen-bond donors (Lipinski definition) is 3. The van der Waals surface area contributed by atoms with Crippen molar-refractivity contribution in [3.05, 3.63) is 71.9 Å². The maximum atomic E-state index is 13.7. The van der Waals surface area contributed by atoms with Crippen molar-refractivity contribution < 1.29 is 28.6 Å². The number of amides is 3. The van der Waals surface area contributed by atoms with E-state index in [4.69, 9.17) is 24.2 Å². The molecule has 5 aromatic rings. The van der Waals surface area contributed by atoms with Crippen LogP contribution in [0, 0.1) is 23.7 Å². The van der Waals surface area contributed by atoms with E-state index in [-0.39, 0.29) is 35.9 Å². The fourth-order valence-electron chi connectivity index (χ4n) is 8.26. The van der Waals surface area contributed by atoms with Gasteiger partial charge in [-0.3, -0.25) is 9.69 Å². The monoisotopic (exact) mass is 787 g/mol. The van der Waals surface area contributed by atoms with Gasteiger partial charge in [0.1, 0.15) is 23.3 Å². The number of aromatic amines is 2. The third-order valence-corrected chi connectivity index (χ3v) is 11.0. The number of fused-ring (bicyclic) bond motifs is 3. The number of ether oxygens (including phenoxy) is 3. The first-order chi connectivity index (χ1) is 27.8. The number of rotatable bonds is 9. The Morgan fingerprint density at radius 1 is 0.983 bits per heavy atom. The SMILES string of the molecule is CC#Cc1cc(-c2cnc([C@@H]3CCCN3C(=O)[C@@H](NC(=O)OC)C(C)C)[nH]2)ccc1-c1ccc2c(ccc3nc([C@@H]4C[C@H](COC)CN4C(=O)OC(C)(C)C)[nH]c32)c1. The summed E-state index contributed by atoms with van der Waals surface area (Å²) in [6.45, 7) is 12.9. The first kappa shape index (κ1) is 40.3. The third kappa shape index (κ3) is 8.25. The molecule has 0 bridgehead atoms. The second-order valence-corrected chi connectivity index (χ2v) is 16.6. The minimum absolute atomic E-state index is 0.117. The number of hydrogen-bond acceptors (Lipinski definition) is 8. The van der Waals surface area contributed by atoms with Crippen LogP contribution in [0.5, 0.6) is 0 Å². The Hall–Kier alpha value is -5.87. The Morgan fingerprint density at radius 3 is 2.50 bits per heavy atom. The van der Waals surface area contributed by atoms with Gasteiger partial charge in [0.25, 0.3) is 0 Å². The van der Waals surface area contributed by atoms with Crippen molar-refractivity contribution in [1.29, 1.82) is 0 Å². The molecule has 0 spiro atoms. The number of carbonyl (C=O) groups is 3. The molecule has 13 nitrogen and oxygen atoms in total. The summed E-state index contributed by atoms with van der Waals surface area (Å²) in [5.74, 6) is 7.75. The Labute approximate surface area is 339 Å². The maximum Gasteiger partial charge on any atom is 0.410 e. The quantitative estimate of drug-likeness (QED) is 0.127. The Morgan fingerprint density at radius 2 is 1.78 bits per heavy atom.